The van der Waals surface area contributed by atoms with E-state index in [-0.39, 0.29) is 65.4 Å². The molecular formula is C39H43N11O16P2. The number of carbonyl (C=O) groups excluding carboxylic acids is 2. The van der Waals surface area contributed by atoms with Gasteiger partial charge < -0.3 is 59.8 Å². The Labute approximate surface area is 383 Å². The molecule has 6 aromatic rings. The number of esters is 1. The first-order valence-electron chi connectivity index (χ1n) is 20.4. The van der Waals surface area contributed by atoms with Crippen LogP contribution in [0.2, 0.25) is 0 Å². The van der Waals surface area contributed by atoms with Crippen molar-refractivity contribution in [3.8, 4) is 17.0 Å². The average Bonchev–Trinajstić information content (AvgIpc) is 4.16. The number of aromatic nitrogens is 8. The summed E-state index contributed by atoms with van der Waals surface area (Å²) in [5.74, 6) is -1.74. The number of carbonyl (C=O) groups is 2. The number of allylic oxidation sites excluding steroid dienone is 1. The Morgan fingerprint density at radius 3 is 2.43 bits per heavy atom. The van der Waals surface area contributed by atoms with Gasteiger partial charge >= 0.3 is 27.3 Å². The van der Waals surface area contributed by atoms with Crippen molar-refractivity contribution in [1.82, 2.24) is 43.9 Å². The molecule has 0 radical (unpaired) electrons. The second-order valence-electron chi connectivity index (χ2n) is 15.1. The minimum Gasteiger partial charge on any atom is -0.452 e. The minimum absolute atomic E-state index is 0.00437. The van der Waals surface area contributed by atoms with Crippen LogP contribution in [0.1, 0.15) is 48.1 Å². The number of anilines is 2. The molecule has 2 aliphatic rings. The van der Waals surface area contributed by atoms with E-state index in [2.05, 4.69) is 41.3 Å². The van der Waals surface area contributed by atoms with Crippen molar-refractivity contribution in [2.24, 2.45) is 0 Å². The molecule has 29 heteroatoms. The molecule has 27 nitrogen and oxygen atoms in total. The largest absolute Gasteiger partial charge is 0.472 e. The fourth-order valence-corrected chi connectivity index (χ4v) is 8.64. The molecule has 1 amide bonds. The molecule has 2 aliphatic heterocycles. The van der Waals surface area contributed by atoms with Crippen LogP contribution in [0.5, 0.6) is 0 Å². The van der Waals surface area contributed by atoms with E-state index in [4.69, 9.17) is 39.1 Å². The summed E-state index contributed by atoms with van der Waals surface area (Å²) < 4.78 is 68.6. The lowest BCUT2D eigenvalue weighted by Crippen LogP contribution is -2.38. The molecular weight excluding hydrogens is 940 g/mol. The summed E-state index contributed by atoms with van der Waals surface area (Å²) in [6.45, 7) is 1.62. The lowest BCUT2D eigenvalue weighted by molar-refractivity contribution is -0.121. The van der Waals surface area contributed by atoms with Crippen LogP contribution in [0.3, 0.4) is 0 Å². The number of hydrogen-bond donors (Lipinski definition) is 7. The topological polar surface area (TPSA) is 378 Å². The van der Waals surface area contributed by atoms with E-state index in [0.717, 1.165) is 16.6 Å². The maximum atomic E-state index is 14.3. The molecule has 0 bridgehead atoms. The van der Waals surface area contributed by atoms with E-state index in [9.17, 15) is 43.3 Å². The molecule has 2 fully saturated rings. The number of hydrogen-bond acceptors (Lipinski definition) is 20. The first-order chi connectivity index (χ1) is 32.5. The second kappa shape index (κ2) is 20.0. The molecule has 1 aromatic carbocycles. The number of phosphoric acid groups is 2. The summed E-state index contributed by atoms with van der Waals surface area (Å²) in [4.78, 5) is 89.4. The Kier molecular flexibility index (Phi) is 14.1. The van der Waals surface area contributed by atoms with Gasteiger partial charge in [0.2, 0.25) is 11.8 Å². The van der Waals surface area contributed by atoms with Gasteiger partial charge in [-0.1, -0.05) is 6.08 Å². The fourth-order valence-electron chi connectivity index (χ4n) is 7.34. The highest BCUT2D eigenvalue weighted by atomic mass is 31.2. The van der Waals surface area contributed by atoms with Gasteiger partial charge in [0, 0.05) is 42.7 Å². The monoisotopic (exact) mass is 983 g/mol. The Hall–Kier alpha value is -6.48. The molecule has 7 heterocycles. The third-order valence-corrected chi connectivity index (χ3v) is 12.0. The molecule has 8 atom stereocenters. The Morgan fingerprint density at radius 1 is 0.956 bits per heavy atom. The number of amides is 1. The lowest BCUT2D eigenvalue weighted by atomic mass is 10.1. The van der Waals surface area contributed by atoms with Gasteiger partial charge in [0.15, 0.2) is 35.3 Å². The van der Waals surface area contributed by atoms with Gasteiger partial charge in [0.1, 0.15) is 48.3 Å². The number of aliphatic hydroxyl groups excluding tert-OH is 1. The summed E-state index contributed by atoms with van der Waals surface area (Å²) in [7, 11) is -10.4. The van der Waals surface area contributed by atoms with Crippen LogP contribution >= 0.6 is 15.6 Å². The highest BCUT2D eigenvalue weighted by Gasteiger charge is 2.50. The van der Waals surface area contributed by atoms with Gasteiger partial charge in [0.05, 0.1) is 26.1 Å². The zero-order valence-corrected chi connectivity index (χ0v) is 37.1. The quantitative estimate of drug-likeness (QED) is 0.0345. The Bertz CT molecular complexity index is 2940. The molecule has 2 saturated heterocycles. The molecule has 5 aromatic heterocycles. The second-order valence-corrected chi connectivity index (χ2v) is 17.8. The highest BCUT2D eigenvalue weighted by Crippen LogP contribution is 2.50. The summed E-state index contributed by atoms with van der Waals surface area (Å²) in [5.41, 5.74) is 11.7. The molecule has 8 rings (SSSR count). The summed E-state index contributed by atoms with van der Waals surface area (Å²) in [5, 5.41) is 14.5. The molecule has 68 heavy (non-hydrogen) atoms. The molecule has 0 spiro atoms. The van der Waals surface area contributed by atoms with Gasteiger partial charge in [-0.15, -0.1) is 6.58 Å². The van der Waals surface area contributed by atoms with E-state index >= 15 is 0 Å². The van der Waals surface area contributed by atoms with Gasteiger partial charge in [-0.2, -0.15) is 4.98 Å². The third-order valence-electron chi connectivity index (χ3n) is 10.5. The number of nitrogens with zero attached hydrogens (tertiary/aromatic N) is 8. The van der Waals surface area contributed by atoms with Crippen LogP contribution in [0.25, 0.3) is 28.2 Å². The summed E-state index contributed by atoms with van der Waals surface area (Å²) in [6, 6.07) is 11.8. The maximum Gasteiger partial charge on any atom is 0.472 e. The van der Waals surface area contributed by atoms with E-state index < -0.39 is 83.5 Å². The van der Waals surface area contributed by atoms with Gasteiger partial charge in [-0.3, -0.25) is 27.5 Å². The number of benzene rings is 1. The number of imidazole rings is 1. The van der Waals surface area contributed by atoms with E-state index in [1.807, 2.05) is 29.1 Å². The number of fused-ring (bicyclic) bond motifs is 1. The number of aliphatic hydroxyl groups is 1. The van der Waals surface area contributed by atoms with Crippen LogP contribution < -0.4 is 22.5 Å². The number of oxazole rings is 1. The smallest absolute Gasteiger partial charge is 0.452 e. The van der Waals surface area contributed by atoms with Crippen LogP contribution in [0.4, 0.5) is 11.6 Å². The minimum atomic E-state index is -5.27. The van der Waals surface area contributed by atoms with Crippen molar-refractivity contribution < 1.29 is 70.7 Å². The van der Waals surface area contributed by atoms with Gasteiger partial charge in [0.25, 0.3) is 0 Å². The van der Waals surface area contributed by atoms with Gasteiger partial charge in [-0.25, -0.2) is 38.7 Å². The van der Waals surface area contributed by atoms with Crippen molar-refractivity contribution in [3.05, 3.63) is 108 Å². The van der Waals surface area contributed by atoms with Crippen LogP contribution in [-0.2, 0) is 48.3 Å². The van der Waals surface area contributed by atoms with Crippen LogP contribution in [-0.4, -0.2) is 114 Å². The number of rotatable bonds is 19. The fraction of sp³-hybridized carbons (Fsp3) is 0.333. The predicted molar refractivity (Wildman–Crippen MR) is 231 cm³/mol. The summed E-state index contributed by atoms with van der Waals surface area (Å²) in [6.07, 6.45) is -1.67. The zero-order valence-electron chi connectivity index (χ0n) is 35.3. The predicted octanol–water partition coefficient (Wildman–Crippen LogP) is 1.66. The first kappa shape index (κ1) is 48.0. The number of nitrogen functional groups attached to an aromatic ring is 2. The van der Waals surface area contributed by atoms with E-state index in [0.29, 0.717) is 12.0 Å². The summed E-state index contributed by atoms with van der Waals surface area (Å²) >= 11 is 0. The SMILES string of the molecule is C=CCCC(=O)NCc1nc(C(=O)OC2[C@@H](COP(=O)(O)OC3C[C@H](n4ccc(N)nc4=O)O[C@@H]3COP(=O)(O)O)O[C@@H](n3cnc4c(N)ncnc43)[C@H]2O)c(-c2ccc(-n3cccc3)cc2)o1. The van der Waals surface area contributed by atoms with Crippen molar-refractivity contribution >= 4 is 50.3 Å². The van der Waals surface area contributed by atoms with Crippen molar-refractivity contribution in [2.45, 2.75) is 68.8 Å². The normalized spacial score (nSPS) is 22.6. The zero-order chi connectivity index (χ0) is 48.3. The van der Waals surface area contributed by atoms with E-state index in [1.165, 1.54) is 23.2 Å². The first-order valence-corrected chi connectivity index (χ1v) is 23.4. The Balaban J connectivity index is 1.06. The Morgan fingerprint density at radius 2 is 1.71 bits per heavy atom. The average molecular weight is 984 g/mol. The molecule has 0 saturated carbocycles. The van der Waals surface area contributed by atoms with Gasteiger partial charge in [-0.05, 0) is 48.9 Å². The lowest BCUT2D eigenvalue weighted by Gasteiger charge is -2.23. The molecule has 360 valence electrons. The number of ether oxygens (including phenoxy) is 3. The highest BCUT2D eigenvalue weighted by molar-refractivity contribution is 7.47. The number of nitrogens with one attached hydrogen (secondary N) is 1. The maximum absolute atomic E-state index is 14.3. The number of phosphoric ester groups is 2. The van der Waals surface area contributed by atoms with Crippen molar-refractivity contribution in [3.63, 3.8) is 0 Å². The third kappa shape index (κ3) is 10.9. The standard InChI is InChI=1S/C39H43N11O16P2/c1-2-3-6-27(51)42-16-28-47-30(33(64-28)21-7-9-22(10-8-21)48-12-4-5-13-48)38(53)65-34-25(63-37(32(34)52)50-20-45-31-35(41)43-19-44-36(31)50)18-61-68(58,59)66-23-15-29(49-14-11-26(40)46-39(49)54)62-24(23)17-60-67(55,56)57/h2,4-5,7-14,19-20,23-25,29,32,34,37,52H,1,3,6,15-18H2,(H,42,51)(H,58,59)(H2,40,46,54)(H2,41,43,44)(H2,55,56,57)/t23?,24-,25-,29-,32+,34?,37-/m1/s1. The van der Waals surface area contributed by atoms with E-state index in [1.54, 1.807) is 30.3 Å². The van der Waals surface area contributed by atoms with Crippen LogP contribution in [0, 0.1) is 0 Å². The molecule has 0 aliphatic carbocycles. The number of nitrogens with two attached hydrogens (primary N) is 2. The van der Waals surface area contributed by atoms with Crippen LogP contribution in [0.15, 0.2) is 95.6 Å². The van der Waals surface area contributed by atoms with Crippen molar-refractivity contribution in [2.75, 3.05) is 24.7 Å². The molecule has 9 N–H and O–H groups in total. The van der Waals surface area contributed by atoms with Crippen molar-refractivity contribution in [1.29, 1.82) is 0 Å². The molecule has 3 unspecified atom stereocenters.